The zero-order valence-corrected chi connectivity index (χ0v) is 11.1. The van der Waals surface area contributed by atoms with Crippen molar-refractivity contribution in [3.63, 3.8) is 0 Å². The number of anilines is 1. The summed E-state index contributed by atoms with van der Waals surface area (Å²) in [5.41, 5.74) is 4.34. The van der Waals surface area contributed by atoms with E-state index in [-0.39, 0.29) is 5.91 Å². The fourth-order valence-corrected chi connectivity index (χ4v) is 2.58. The summed E-state index contributed by atoms with van der Waals surface area (Å²) >= 11 is 1.50. The fourth-order valence-electron chi connectivity index (χ4n) is 1.87. The molecule has 2 aromatic carbocycles. The van der Waals surface area contributed by atoms with Gasteiger partial charge in [0, 0.05) is 11.3 Å². The molecule has 96 valence electrons. The fraction of sp³-hybridized carbons (Fsp3) is 0. The molecule has 1 N–H and O–H groups in total. The molecule has 20 heavy (non-hydrogen) atoms. The summed E-state index contributed by atoms with van der Waals surface area (Å²) in [5, 5.41) is 11.6. The van der Waals surface area contributed by atoms with E-state index in [1.807, 2.05) is 18.2 Å². The van der Waals surface area contributed by atoms with Crippen LogP contribution in [0.1, 0.15) is 15.9 Å². The molecule has 0 aliphatic carbocycles. The van der Waals surface area contributed by atoms with Gasteiger partial charge in [0.25, 0.3) is 5.91 Å². The minimum Gasteiger partial charge on any atom is -0.322 e. The molecule has 0 aliphatic heterocycles. The average Bonchev–Trinajstić information content (AvgIpc) is 2.94. The lowest BCUT2D eigenvalue weighted by molar-refractivity contribution is 0.102. The van der Waals surface area contributed by atoms with Crippen LogP contribution in [-0.4, -0.2) is 10.9 Å². The van der Waals surface area contributed by atoms with Crippen LogP contribution >= 0.6 is 11.3 Å². The molecule has 4 nitrogen and oxygen atoms in total. The third-order valence-corrected chi connectivity index (χ3v) is 3.63. The Kier molecular flexibility index (Phi) is 3.15. The van der Waals surface area contributed by atoms with E-state index in [1.165, 1.54) is 11.3 Å². The topological polar surface area (TPSA) is 65.8 Å². The van der Waals surface area contributed by atoms with Crippen LogP contribution in [0.5, 0.6) is 0 Å². The molecule has 0 aliphatic rings. The zero-order chi connectivity index (χ0) is 13.9. The van der Waals surface area contributed by atoms with Gasteiger partial charge in [-0.3, -0.25) is 4.79 Å². The van der Waals surface area contributed by atoms with Crippen LogP contribution in [-0.2, 0) is 0 Å². The summed E-state index contributed by atoms with van der Waals surface area (Å²) in [4.78, 5) is 16.3. The molecule has 1 heterocycles. The lowest BCUT2D eigenvalue weighted by Gasteiger charge is -2.05. The molecular weight excluding hydrogens is 270 g/mol. The summed E-state index contributed by atoms with van der Waals surface area (Å²) in [6.07, 6.45) is 0. The first-order valence-electron chi connectivity index (χ1n) is 5.91. The Morgan fingerprint density at radius 2 is 2.15 bits per heavy atom. The van der Waals surface area contributed by atoms with Crippen molar-refractivity contribution in [3.05, 3.63) is 59.1 Å². The predicted octanol–water partition coefficient (Wildman–Crippen LogP) is 3.42. The van der Waals surface area contributed by atoms with Crippen LogP contribution in [0.3, 0.4) is 0 Å². The second-order valence-electron chi connectivity index (χ2n) is 4.18. The van der Waals surface area contributed by atoms with Crippen LogP contribution in [0.2, 0.25) is 0 Å². The van der Waals surface area contributed by atoms with E-state index in [0.717, 1.165) is 10.2 Å². The van der Waals surface area contributed by atoms with Crippen LogP contribution in [0, 0.1) is 11.3 Å². The van der Waals surface area contributed by atoms with Crippen molar-refractivity contribution in [2.24, 2.45) is 0 Å². The van der Waals surface area contributed by atoms with E-state index in [4.69, 9.17) is 5.26 Å². The SMILES string of the molecule is N#Cc1cccc(NC(=O)c2ccc3ncsc3c2)c1. The first-order valence-corrected chi connectivity index (χ1v) is 6.79. The van der Waals surface area contributed by atoms with Crippen molar-refractivity contribution in [1.82, 2.24) is 4.98 Å². The van der Waals surface area contributed by atoms with Gasteiger partial charge in [-0.25, -0.2) is 4.98 Å². The van der Waals surface area contributed by atoms with Gasteiger partial charge < -0.3 is 5.32 Å². The second kappa shape index (κ2) is 5.11. The summed E-state index contributed by atoms with van der Waals surface area (Å²) in [7, 11) is 0. The number of benzene rings is 2. The first-order chi connectivity index (χ1) is 9.76. The molecule has 5 heteroatoms. The van der Waals surface area contributed by atoms with Gasteiger partial charge in [-0.2, -0.15) is 5.26 Å². The molecule has 0 atom stereocenters. The van der Waals surface area contributed by atoms with Crippen LogP contribution in [0.25, 0.3) is 10.2 Å². The van der Waals surface area contributed by atoms with Gasteiger partial charge in [0.2, 0.25) is 0 Å². The van der Waals surface area contributed by atoms with Crippen molar-refractivity contribution >= 4 is 33.1 Å². The highest BCUT2D eigenvalue weighted by Crippen LogP contribution is 2.20. The zero-order valence-electron chi connectivity index (χ0n) is 10.3. The number of hydrogen-bond acceptors (Lipinski definition) is 4. The number of amides is 1. The van der Waals surface area contributed by atoms with Crippen molar-refractivity contribution < 1.29 is 4.79 Å². The molecule has 0 saturated carbocycles. The number of rotatable bonds is 2. The number of thiazole rings is 1. The Labute approximate surface area is 119 Å². The number of nitrogens with zero attached hydrogens (tertiary/aromatic N) is 2. The van der Waals surface area contributed by atoms with E-state index in [9.17, 15) is 4.79 Å². The van der Waals surface area contributed by atoms with Crippen molar-refractivity contribution in [1.29, 1.82) is 5.26 Å². The second-order valence-corrected chi connectivity index (χ2v) is 5.07. The number of carbonyl (C=O) groups excluding carboxylic acids is 1. The Bertz CT molecular complexity index is 832. The molecular formula is C15H9N3OS. The normalized spacial score (nSPS) is 10.2. The standard InChI is InChI=1S/C15H9N3OS/c16-8-10-2-1-3-12(6-10)18-15(19)11-4-5-13-14(7-11)20-9-17-13/h1-7,9H,(H,18,19). The maximum Gasteiger partial charge on any atom is 0.255 e. The van der Waals surface area contributed by atoms with Gasteiger partial charge in [0.15, 0.2) is 0 Å². The van der Waals surface area contributed by atoms with Crippen LogP contribution in [0.4, 0.5) is 5.69 Å². The predicted molar refractivity (Wildman–Crippen MR) is 78.7 cm³/mol. The summed E-state index contributed by atoms with van der Waals surface area (Å²) in [5.74, 6) is -0.199. The van der Waals surface area contributed by atoms with Gasteiger partial charge in [-0.1, -0.05) is 6.07 Å². The third kappa shape index (κ3) is 2.37. The molecule has 0 saturated heterocycles. The minimum atomic E-state index is -0.199. The molecule has 3 rings (SSSR count). The Morgan fingerprint density at radius 1 is 1.25 bits per heavy atom. The molecule has 1 amide bonds. The quantitative estimate of drug-likeness (QED) is 0.781. The maximum atomic E-state index is 12.2. The monoisotopic (exact) mass is 279 g/mol. The van der Waals surface area contributed by atoms with Crippen molar-refractivity contribution in [3.8, 4) is 6.07 Å². The van der Waals surface area contributed by atoms with Gasteiger partial charge in [0.1, 0.15) is 0 Å². The molecule has 1 aromatic heterocycles. The van der Waals surface area contributed by atoms with Crippen molar-refractivity contribution in [2.45, 2.75) is 0 Å². The number of carbonyl (C=O) groups is 1. The number of aromatic nitrogens is 1. The highest BCUT2D eigenvalue weighted by molar-refractivity contribution is 7.16. The smallest absolute Gasteiger partial charge is 0.255 e. The molecule has 0 spiro atoms. The first kappa shape index (κ1) is 12.3. The summed E-state index contributed by atoms with van der Waals surface area (Å²) < 4.78 is 0.975. The van der Waals surface area contributed by atoms with Crippen LogP contribution < -0.4 is 5.32 Å². The molecule has 0 radical (unpaired) electrons. The molecule has 0 fully saturated rings. The summed E-state index contributed by atoms with van der Waals surface area (Å²) in [6.45, 7) is 0. The van der Waals surface area contributed by atoms with E-state index in [0.29, 0.717) is 16.8 Å². The largest absolute Gasteiger partial charge is 0.322 e. The summed E-state index contributed by atoms with van der Waals surface area (Å²) in [6, 6.07) is 14.3. The number of nitriles is 1. The van der Waals surface area contributed by atoms with Gasteiger partial charge >= 0.3 is 0 Å². The highest BCUT2D eigenvalue weighted by Gasteiger charge is 2.08. The Hall–Kier alpha value is -2.71. The van der Waals surface area contributed by atoms with E-state index >= 15 is 0 Å². The lowest BCUT2D eigenvalue weighted by Crippen LogP contribution is -2.11. The molecule has 0 bridgehead atoms. The van der Waals surface area contributed by atoms with E-state index in [2.05, 4.69) is 10.3 Å². The van der Waals surface area contributed by atoms with Crippen molar-refractivity contribution in [2.75, 3.05) is 5.32 Å². The third-order valence-electron chi connectivity index (χ3n) is 2.84. The highest BCUT2D eigenvalue weighted by atomic mass is 32.1. The van der Waals surface area contributed by atoms with E-state index in [1.54, 1.807) is 35.8 Å². The molecule has 3 aromatic rings. The average molecular weight is 279 g/mol. The van der Waals surface area contributed by atoms with Crippen LogP contribution in [0.15, 0.2) is 48.0 Å². The Morgan fingerprint density at radius 3 is 3.00 bits per heavy atom. The van der Waals surface area contributed by atoms with Gasteiger partial charge in [-0.15, -0.1) is 11.3 Å². The van der Waals surface area contributed by atoms with E-state index < -0.39 is 0 Å². The number of hydrogen-bond donors (Lipinski definition) is 1. The van der Waals surface area contributed by atoms with Gasteiger partial charge in [0.05, 0.1) is 27.4 Å². The number of nitrogens with one attached hydrogen (secondary N) is 1. The lowest BCUT2D eigenvalue weighted by atomic mass is 10.2. The Balaban J connectivity index is 1.86. The number of fused-ring (bicyclic) bond motifs is 1. The maximum absolute atomic E-state index is 12.2. The molecule has 0 unspecified atom stereocenters. The van der Waals surface area contributed by atoms with Gasteiger partial charge in [-0.05, 0) is 36.4 Å². The minimum absolute atomic E-state index is 0.199.